The number of halogens is 2. The molecule has 3 nitrogen and oxygen atoms in total. The maximum absolute atomic E-state index is 10.2. The van der Waals surface area contributed by atoms with Crippen LogP contribution in [0.4, 0.5) is 0 Å². The van der Waals surface area contributed by atoms with Gasteiger partial charge >= 0.3 is 0 Å². The molecule has 0 unspecified atom stereocenters. The van der Waals surface area contributed by atoms with Crippen LogP contribution in [-0.4, -0.2) is 36.2 Å². The molecule has 2 rings (SSSR count). The number of phenols is 1. The lowest BCUT2D eigenvalue weighted by Crippen LogP contribution is -2.44. The Balaban J connectivity index is 2.32. The van der Waals surface area contributed by atoms with Crippen molar-refractivity contribution in [1.82, 2.24) is 10.2 Å². The number of hydrogen-bond acceptors (Lipinski definition) is 3. The molecular weight excluding hydrogens is 316 g/mol. The molecular formula is C13H16BrClN2O. The molecule has 1 saturated heterocycles. The van der Waals surface area contributed by atoms with E-state index >= 15 is 0 Å². The number of nitrogens with one attached hydrogen (secondary N) is 1. The molecule has 0 aromatic heterocycles. The van der Waals surface area contributed by atoms with Gasteiger partial charge in [-0.05, 0) is 22.0 Å². The molecule has 0 saturated carbocycles. The summed E-state index contributed by atoms with van der Waals surface area (Å²) in [7, 11) is 0. The molecule has 0 radical (unpaired) electrons. The summed E-state index contributed by atoms with van der Waals surface area (Å²) in [5.74, 6) is 0.200. The Morgan fingerprint density at radius 2 is 2.11 bits per heavy atom. The predicted molar refractivity (Wildman–Crippen MR) is 78.2 cm³/mol. The van der Waals surface area contributed by atoms with Gasteiger partial charge in [0.05, 0.1) is 15.5 Å². The van der Waals surface area contributed by atoms with Gasteiger partial charge in [-0.2, -0.15) is 0 Å². The van der Waals surface area contributed by atoms with Crippen molar-refractivity contribution in [3.05, 3.63) is 39.8 Å². The minimum Gasteiger partial charge on any atom is -0.506 e. The Kier molecular flexibility index (Phi) is 4.67. The van der Waals surface area contributed by atoms with Crippen molar-refractivity contribution in [2.75, 3.05) is 26.2 Å². The summed E-state index contributed by atoms with van der Waals surface area (Å²) in [5, 5.41) is 14.0. The average molecular weight is 332 g/mol. The van der Waals surface area contributed by atoms with E-state index < -0.39 is 0 Å². The van der Waals surface area contributed by atoms with Crippen LogP contribution in [-0.2, 0) is 0 Å². The van der Waals surface area contributed by atoms with Gasteiger partial charge < -0.3 is 10.4 Å². The van der Waals surface area contributed by atoms with Crippen LogP contribution in [0.15, 0.2) is 29.3 Å². The van der Waals surface area contributed by atoms with E-state index in [4.69, 9.17) is 11.6 Å². The molecule has 0 aliphatic carbocycles. The summed E-state index contributed by atoms with van der Waals surface area (Å²) in [6, 6.07) is 3.66. The first kappa shape index (κ1) is 13.9. The minimum atomic E-state index is 0.0145. The quantitative estimate of drug-likeness (QED) is 0.836. The van der Waals surface area contributed by atoms with E-state index in [-0.39, 0.29) is 11.8 Å². The second-order valence-corrected chi connectivity index (χ2v) is 5.47. The molecule has 0 spiro atoms. The van der Waals surface area contributed by atoms with Crippen molar-refractivity contribution < 1.29 is 5.11 Å². The lowest BCUT2D eigenvalue weighted by molar-refractivity contribution is 0.201. The van der Waals surface area contributed by atoms with E-state index in [1.165, 1.54) is 0 Å². The van der Waals surface area contributed by atoms with Crippen LogP contribution in [0.2, 0.25) is 5.02 Å². The fourth-order valence-electron chi connectivity index (χ4n) is 2.23. The fraction of sp³-hybridized carbons (Fsp3) is 0.385. The van der Waals surface area contributed by atoms with E-state index in [1.807, 2.05) is 12.1 Å². The van der Waals surface area contributed by atoms with Gasteiger partial charge in [0.1, 0.15) is 5.75 Å². The molecule has 5 heteroatoms. The van der Waals surface area contributed by atoms with Crippen LogP contribution in [0.25, 0.3) is 0 Å². The first-order valence-corrected chi connectivity index (χ1v) is 7.06. The van der Waals surface area contributed by atoms with Crippen LogP contribution in [0.1, 0.15) is 11.6 Å². The standard InChI is InChI=1S/C13H16BrClN2O/c1-2-11(17-7-5-16-6-8-17)9-3-4-10(15)12(14)13(9)18/h2-4,11,16,18H,1,5-8H2/t11-/m0/s1. The zero-order valence-corrected chi connectivity index (χ0v) is 12.3. The zero-order chi connectivity index (χ0) is 13.1. The highest BCUT2D eigenvalue weighted by molar-refractivity contribution is 9.10. The molecule has 98 valence electrons. The molecule has 1 fully saturated rings. The van der Waals surface area contributed by atoms with Crippen molar-refractivity contribution >= 4 is 27.5 Å². The molecule has 2 N–H and O–H groups in total. The lowest BCUT2D eigenvalue weighted by atomic mass is 10.0. The second-order valence-electron chi connectivity index (χ2n) is 4.27. The maximum atomic E-state index is 10.2. The van der Waals surface area contributed by atoms with Crippen molar-refractivity contribution in [2.45, 2.75) is 6.04 Å². The highest BCUT2D eigenvalue weighted by atomic mass is 79.9. The topological polar surface area (TPSA) is 35.5 Å². The summed E-state index contributed by atoms with van der Waals surface area (Å²) >= 11 is 9.27. The number of piperazine rings is 1. The van der Waals surface area contributed by atoms with E-state index in [1.54, 1.807) is 6.07 Å². The van der Waals surface area contributed by atoms with Crippen molar-refractivity contribution in [2.24, 2.45) is 0 Å². The molecule has 1 aromatic rings. The Labute approximate surface area is 121 Å². The molecule has 18 heavy (non-hydrogen) atoms. The smallest absolute Gasteiger partial charge is 0.136 e. The second kappa shape index (κ2) is 6.06. The van der Waals surface area contributed by atoms with Crippen LogP contribution in [0, 0.1) is 0 Å². The number of hydrogen-bond donors (Lipinski definition) is 2. The van der Waals surface area contributed by atoms with E-state index in [2.05, 4.69) is 32.7 Å². The number of phenolic OH excluding ortho intramolecular Hbond substituents is 1. The molecule has 1 aliphatic rings. The van der Waals surface area contributed by atoms with Gasteiger partial charge in [-0.1, -0.05) is 23.7 Å². The number of aromatic hydroxyl groups is 1. The Hall–Kier alpha value is -0.550. The first-order valence-electron chi connectivity index (χ1n) is 5.89. The van der Waals surface area contributed by atoms with Gasteiger partial charge in [-0.15, -0.1) is 6.58 Å². The first-order chi connectivity index (χ1) is 8.65. The van der Waals surface area contributed by atoms with Crippen molar-refractivity contribution in [1.29, 1.82) is 0 Å². The van der Waals surface area contributed by atoms with E-state index in [0.717, 1.165) is 31.7 Å². The Morgan fingerprint density at radius 3 is 2.72 bits per heavy atom. The third-order valence-corrected chi connectivity index (χ3v) is 4.53. The summed E-state index contributed by atoms with van der Waals surface area (Å²) < 4.78 is 0.545. The highest BCUT2D eigenvalue weighted by Gasteiger charge is 2.23. The summed E-state index contributed by atoms with van der Waals surface area (Å²) in [6.45, 7) is 7.68. The minimum absolute atomic E-state index is 0.0145. The number of benzene rings is 1. The van der Waals surface area contributed by atoms with Crippen LogP contribution in [0.3, 0.4) is 0 Å². The zero-order valence-electron chi connectivity index (χ0n) is 10.00. The molecule has 1 aromatic carbocycles. The van der Waals surface area contributed by atoms with E-state index in [0.29, 0.717) is 9.50 Å². The fourth-order valence-corrected chi connectivity index (χ4v) is 2.74. The largest absolute Gasteiger partial charge is 0.506 e. The summed E-state index contributed by atoms with van der Waals surface area (Å²) in [5.41, 5.74) is 0.836. The molecule has 0 bridgehead atoms. The Morgan fingerprint density at radius 1 is 1.44 bits per heavy atom. The third kappa shape index (κ3) is 2.72. The molecule has 0 amide bonds. The van der Waals surface area contributed by atoms with Gasteiger partial charge in [0.25, 0.3) is 0 Å². The van der Waals surface area contributed by atoms with Crippen LogP contribution < -0.4 is 5.32 Å². The van der Waals surface area contributed by atoms with Gasteiger partial charge in [0, 0.05) is 31.7 Å². The van der Waals surface area contributed by atoms with Gasteiger partial charge in [-0.25, -0.2) is 0 Å². The highest BCUT2D eigenvalue weighted by Crippen LogP contribution is 2.39. The van der Waals surface area contributed by atoms with Crippen molar-refractivity contribution in [3.63, 3.8) is 0 Å². The average Bonchev–Trinajstić information content (AvgIpc) is 2.41. The number of nitrogens with zero attached hydrogens (tertiary/aromatic N) is 1. The van der Waals surface area contributed by atoms with Gasteiger partial charge in [0.15, 0.2) is 0 Å². The van der Waals surface area contributed by atoms with Gasteiger partial charge in [-0.3, -0.25) is 4.90 Å². The van der Waals surface area contributed by atoms with Crippen LogP contribution in [0.5, 0.6) is 5.75 Å². The van der Waals surface area contributed by atoms with Gasteiger partial charge in [0.2, 0.25) is 0 Å². The van der Waals surface area contributed by atoms with E-state index in [9.17, 15) is 5.11 Å². The lowest BCUT2D eigenvalue weighted by Gasteiger charge is -2.33. The Bertz CT molecular complexity index is 447. The SMILES string of the molecule is C=C[C@@H](c1ccc(Cl)c(Br)c1O)N1CCNCC1. The van der Waals surface area contributed by atoms with Crippen LogP contribution >= 0.6 is 27.5 Å². The molecule has 1 aliphatic heterocycles. The summed E-state index contributed by atoms with van der Waals surface area (Å²) in [4.78, 5) is 2.29. The molecule has 1 atom stereocenters. The van der Waals surface area contributed by atoms with Crippen molar-refractivity contribution in [3.8, 4) is 5.75 Å². The maximum Gasteiger partial charge on any atom is 0.136 e. The predicted octanol–water partition coefficient (Wildman–Crippen LogP) is 2.94. The summed E-state index contributed by atoms with van der Waals surface area (Å²) in [6.07, 6.45) is 1.86. The molecule has 1 heterocycles. The normalized spacial score (nSPS) is 18.6. The third-order valence-electron chi connectivity index (χ3n) is 3.19. The monoisotopic (exact) mass is 330 g/mol. The number of rotatable bonds is 3.